The SMILES string of the molecule is Cc1cccc(N2C(=O)C(c3ccc(Cl)cc3Cl)=C(N(C)C3CCN(C)CC3)C2=O)c1. The van der Waals surface area contributed by atoms with Gasteiger partial charge in [0.2, 0.25) is 0 Å². The number of piperidine rings is 1. The molecule has 2 aliphatic heterocycles. The van der Waals surface area contributed by atoms with Gasteiger partial charge in [0.25, 0.3) is 11.8 Å². The second-order valence-corrected chi connectivity index (χ2v) is 9.12. The number of benzene rings is 2. The molecule has 2 aromatic rings. The van der Waals surface area contributed by atoms with Crippen molar-refractivity contribution in [2.45, 2.75) is 25.8 Å². The predicted molar refractivity (Wildman–Crippen MR) is 125 cm³/mol. The number of likely N-dealkylation sites (tertiary alicyclic amines) is 1. The molecule has 0 aromatic heterocycles. The first kappa shape index (κ1) is 21.9. The fourth-order valence-corrected chi connectivity index (χ4v) is 4.85. The Morgan fingerprint density at radius 1 is 1.00 bits per heavy atom. The van der Waals surface area contributed by atoms with Gasteiger partial charge in [-0.2, -0.15) is 0 Å². The third-order valence-corrected chi connectivity index (χ3v) is 6.66. The third kappa shape index (κ3) is 4.10. The van der Waals surface area contributed by atoms with E-state index in [1.54, 1.807) is 24.3 Å². The first-order valence-electron chi connectivity index (χ1n) is 10.3. The van der Waals surface area contributed by atoms with Crippen LogP contribution in [0.2, 0.25) is 10.0 Å². The highest BCUT2D eigenvalue weighted by atomic mass is 35.5. The molecule has 4 rings (SSSR count). The largest absolute Gasteiger partial charge is 0.366 e. The summed E-state index contributed by atoms with van der Waals surface area (Å²) < 4.78 is 0. The molecule has 0 aliphatic carbocycles. The molecule has 0 bridgehead atoms. The van der Waals surface area contributed by atoms with E-state index >= 15 is 0 Å². The number of likely N-dealkylation sites (N-methyl/N-ethyl adjacent to an activating group) is 1. The summed E-state index contributed by atoms with van der Waals surface area (Å²) in [7, 11) is 4.00. The maximum Gasteiger partial charge on any atom is 0.282 e. The first-order valence-corrected chi connectivity index (χ1v) is 11.1. The molecule has 2 heterocycles. The average Bonchev–Trinajstić information content (AvgIpc) is 2.98. The van der Waals surface area contributed by atoms with Gasteiger partial charge in [0.05, 0.1) is 16.3 Å². The van der Waals surface area contributed by atoms with Crippen molar-refractivity contribution in [2.24, 2.45) is 0 Å². The van der Waals surface area contributed by atoms with Crippen LogP contribution >= 0.6 is 23.2 Å². The zero-order chi connectivity index (χ0) is 22.3. The quantitative estimate of drug-likeness (QED) is 0.628. The van der Waals surface area contributed by atoms with Crippen molar-refractivity contribution in [3.63, 3.8) is 0 Å². The fourth-order valence-electron chi connectivity index (χ4n) is 4.35. The van der Waals surface area contributed by atoms with Gasteiger partial charge >= 0.3 is 0 Å². The number of aryl methyl sites for hydroxylation is 1. The minimum Gasteiger partial charge on any atom is -0.366 e. The molecule has 0 saturated carbocycles. The predicted octanol–water partition coefficient (Wildman–Crippen LogP) is 4.61. The number of anilines is 1. The molecule has 162 valence electrons. The van der Waals surface area contributed by atoms with E-state index in [2.05, 4.69) is 11.9 Å². The van der Waals surface area contributed by atoms with Crippen molar-refractivity contribution in [3.05, 3.63) is 69.3 Å². The van der Waals surface area contributed by atoms with E-state index in [1.165, 1.54) is 4.90 Å². The number of nitrogens with zero attached hydrogens (tertiary/aromatic N) is 3. The summed E-state index contributed by atoms with van der Waals surface area (Å²) in [6, 6.07) is 12.6. The summed E-state index contributed by atoms with van der Waals surface area (Å²) in [6.07, 6.45) is 1.84. The Labute approximate surface area is 192 Å². The van der Waals surface area contributed by atoms with Crippen molar-refractivity contribution in [1.82, 2.24) is 9.80 Å². The maximum atomic E-state index is 13.7. The molecule has 0 unspecified atom stereocenters. The smallest absolute Gasteiger partial charge is 0.282 e. The van der Waals surface area contributed by atoms with Crippen LogP contribution in [-0.2, 0) is 9.59 Å². The van der Waals surface area contributed by atoms with Gasteiger partial charge in [0.15, 0.2) is 0 Å². The molecule has 1 saturated heterocycles. The molecule has 0 radical (unpaired) electrons. The lowest BCUT2D eigenvalue weighted by atomic mass is 10.00. The van der Waals surface area contributed by atoms with E-state index in [0.717, 1.165) is 31.5 Å². The van der Waals surface area contributed by atoms with Crippen LogP contribution in [0, 0.1) is 6.92 Å². The van der Waals surface area contributed by atoms with Crippen molar-refractivity contribution in [2.75, 3.05) is 32.1 Å². The van der Waals surface area contributed by atoms with Crippen LogP contribution < -0.4 is 4.90 Å². The number of rotatable bonds is 4. The van der Waals surface area contributed by atoms with E-state index in [0.29, 0.717) is 32.6 Å². The molecule has 2 amide bonds. The molecule has 5 nitrogen and oxygen atoms in total. The molecule has 1 fully saturated rings. The number of hydrogen-bond acceptors (Lipinski definition) is 4. The zero-order valence-electron chi connectivity index (χ0n) is 17.9. The van der Waals surface area contributed by atoms with Gasteiger partial charge in [-0.3, -0.25) is 9.59 Å². The highest BCUT2D eigenvalue weighted by Crippen LogP contribution is 2.39. The van der Waals surface area contributed by atoms with Crippen molar-refractivity contribution in [3.8, 4) is 0 Å². The average molecular weight is 458 g/mol. The summed E-state index contributed by atoms with van der Waals surface area (Å²) in [5.74, 6) is -0.687. The first-order chi connectivity index (χ1) is 14.8. The topological polar surface area (TPSA) is 43.9 Å². The number of carbonyl (C=O) groups excluding carboxylic acids is 2. The maximum absolute atomic E-state index is 13.7. The monoisotopic (exact) mass is 457 g/mol. The Morgan fingerprint density at radius 3 is 2.35 bits per heavy atom. The lowest BCUT2D eigenvalue weighted by Gasteiger charge is -2.36. The second kappa shape index (κ2) is 8.65. The highest BCUT2D eigenvalue weighted by molar-refractivity contribution is 6.47. The number of carbonyl (C=O) groups is 2. The van der Waals surface area contributed by atoms with E-state index in [9.17, 15) is 9.59 Å². The summed E-state index contributed by atoms with van der Waals surface area (Å²) in [5.41, 5.74) is 2.78. The van der Waals surface area contributed by atoms with Crippen LogP contribution in [0.5, 0.6) is 0 Å². The van der Waals surface area contributed by atoms with Crippen LogP contribution in [0.3, 0.4) is 0 Å². The molecule has 0 N–H and O–H groups in total. The van der Waals surface area contributed by atoms with Gasteiger partial charge in [0, 0.05) is 23.7 Å². The van der Waals surface area contributed by atoms with Gasteiger partial charge in [-0.1, -0.05) is 41.4 Å². The molecule has 31 heavy (non-hydrogen) atoms. The Hall–Kier alpha value is -2.34. The molecule has 0 spiro atoms. The number of halogens is 2. The van der Waals surface area contributed by atoms with E-state index in [1.807, 2.05) is 37.1 Å². The Balaban J connectivity index is 1.83. The second-order valence-electron chi connectivity index (χ2n) is 8.28. The van der Waals surface area contributed by atoms with Gasteiger partial charge in [-0.15, -0.1) is 0 Å². The minimum absolute atomic E-state index is 0.168. The molecule has 7 heteroatoms. The minimum atomic E-state index is -0.366. The van der Waals surface area contributed by atoms with Crippen LogP contribution in [0.1, 0.15) is 24.0 Å². The van der Waals surface area contributed by atoms with Crippen molar-refractivity contribution in [1.29, 1.82) is 0 Å². The standard InChI is InChI=1S/C24H25Cl2N3O2/c1-15-5-4-6-18(13-15)29-23(30)21(19-8-7-16(25)14-20(19)26)22(24(29)31)28(3)17-9-11-27(2)12-10-17/h4-8,13-14,17H,9-12H2,1-3H3. The van der Waals surface area contributed by atoms with Gasteiger partial charge < -0.3 is 9.80 Å². The lowest BCUT2D eigenvalue weighted by Crippen LogP contribution is -2.43. The zero-order valence-corrected chi connectivity index (χ0v) is 19.4. The highest BCUT2D eigenvalue weighted by Gasteiger charge is 2.43. The molecule has 0 atom stereocenters. The molecule has 2 aromatic carbocycles. The van der Waals surface area contributed by atoms with Crippen LogP contribution in [0.15, 0.2) is 48.2 Å². The summed E-state index contributed by atoms with van der Waals surface area (Å²) in [4.78, 5) is 32.8. The molecule has 2 aliphatic rings. The molecular weight excluding hydrogens is 433 g/mol. The summed E-state index contributed by atoms with van der Waals surface area (Å²) in [5, 5.41) is 0.830. The van der Waals surface area contributed by atoms with Gasteiger partial charge in [-0.05, 0) is 69.7 Å². The Bertz CT molecular complexity index is 1070. The van der Waals surface area contributed by atoms with Crippen molar-refractivity contribution < 1.29 is 9.59 Å². The van der Waals surface area contributed by atoms with E-state index in [-0.39, 0.29) is 17.9 Å². The summed E-state index contributed by atoms with van der Waals surface area (Å²) in [6.45, 7) is 3.83. The lowest BCUT2D eigenvalue weighted by molar-refractivity contribution is -0.120. The Morgan fingerprint density at radius 2 is 1.71 bits per heavy atom. The Kier molecular flexibility index (Phi) is 6.11. The van der Waals surface area contributed by atoms with Gasteiger partial charge in [-0.25, -0.2) is 4.90 Å². The number of imide groups is 1. The fraction of sp³-hybridized carbons (Fsp3) is 0.333. The van der Waals surface area contributed by atoms with Crippen LogP contribution in [0.25, 0.3) is 5.57 Å². The van der Waals surface area contributed by atoms with Gasteiger partial charge in [0.1, 0.15) is 5.70 Å². The van der Waals surface area contributed by atoms with E-state index in [4.69, 9.17) is 23.2 Å². The summed E-state index contributed by atoms with van der Waals surface area (Å²) >= 11 is 12.6. The van der Waals surface area contributed by atoms with Crippen molar-refractivity contribution >= 4 is 46.3 Å². The third-order valence-electron chi connectivity index (χ3n) is 6.11. The molecular formula is C24H25Cl2N3O2. The van der Waals surface area contributed by atoms with Crippen LogP contribution in [-0.4, -0.2) is 54.8 Å². The number of amides is 2. The van der Waals surface area contributed by atoms with E-state index < -0.39 is 0 Å². The van der Waals surface area contributed by atoms with Crippen LogP contribution in [0.4, 0.5) is 5.69 Å². The normalized spacial score (nSPS) is 18.3. The number of hydrogen-bond donors (Lipinski definition) is 0.